The molecule has 1 N–H and O–H groups in total. The van der Waals surface area contributed by atoms with Crippen LogP contribution in [-0.2, 0) is 19.7 Å². The van der Waals surface area contributed by atoms with Crippen molar-refractivity contribution in [3.8, 4) is 0 Å². The molecule has 5 rings (SSSR count). The van der Waals surface area contributed by atoms with Crippen LogP contribution in [0.15, 0.2) is 66.9 Å². The Hall–Kier alpha value is -4.93. The van der Waals surface area contributed by atoms with E-state index in [-0.39, 0.29) is 23.2 Å². The average Bonchev–Trinajstić information content (AvgIpc) is 3.31. The Morgan fingerprint density at radius 1 is 0.884 bits per heavy atom. The van der Waals surface area contributed by atoms with E-state index in [9.17, 15) is 31.9 Å². The van der Waals surface area contributed by atoms with Crippen molar-refractivity contribution >= 4 is 34.3 Å². The fourth-order valence-electron chi connectivity index (χ4n) is 5.08. The average molecular weight is 595 g/mol. The van der Waals surface area contributed by atoms with Crippen molar-refractivity contribution in [2.75, 3.05) is 13.2 Å². The number of carbonyl (C=O) groups is 3. The normalized spacial score (nSPS) is 14.9. The molecule has 0 saturated heterocycles. The minimum atomic E-state index is -1.21. The highest BCUT2D eigenvalue weighted by Gasteiger charge is 2.38. The number of nitrogens with zero attached hydrogens (tertiary/aromatic N) is 1. The molecule has 222 valence electrons. The lowest BCUT2D eigenvalue weighted by atomic mass is 9.81. The van der Waals surface area contributed by atoms with Crippen LogP contribution in [0.2, 0.25) is 0 Å². The first kappa shape index (κ1) is 29.6. The molecule has 4 aromatic rings. The number of esters is 2. The Morgan fingerprint density at radius 2 is 1.51 bits per heavy atom. The minimum absolute atomic E-state index is 0.0218. The van der Waals surface area contributed by atoms with E-state index in [4.69, 9.17) is 9.47 Å². The third-order valence-electron chi connectivity index (χ3n) is 7.06. The SMILES string of the molecule is CC(COC(=O)c1ccc(F)c(F)c1)OC(=O)C1=CN(C(=O)c2ccc(F)c(F)c2)CC(C)(C)c2c1[nH]c1ccccc21. The van der Waals surface area contributed by atoms with Crippen LogP contribution in [0, 0.1) is 23.3 Å². The fourth-order valence-corrected chi connectivity index (χ4v) is 5.08. The number of amides is 1. The molecule has 0 saturated carbocycles. The molecule has 2 heterocycles. The maximum absolute atomic E-state index is 14.0. The number of fused-ring (bicyclic) bond motifs is 3. The van der Waals surface area contributed by atoms with Gasteiger partial charge in [0.15, 0.2) is 23.3 Å². The Balaban J connectivity index is 1.45. The van der Waals surface area contributed by atoms with E-state index in [2.05, 4.69) is 4.98 Å². The molecule has 1 aliphatic heterocycles. The number of hydrogen-bond acceptors (Lipinski definition) is 5. The van der Waals surface area contributed by atoms with Crippen molar-refractivity contribution in [1.82, 2.24) is 9.88 Å². The summed E-state index contributed by atoms with van der Waals surface area (Å²) in [7, 11) is 0. The van der Waals surface area contributed by atoms with Crippen LogP contribution in [0.3, 0.4) is 0 Å². The standard InChI is InChI=1S/C32H26F4N2O5/c1-17(15-42-30(40)19-9-11-23(34)25(36)13-19)43-31(41)21-14-38(29(39)18-8-10-22(33)24(35)12-18)16-32(2,3)27-20-6-4-5-7-26(20)37-28(21)27/h4-14,17,37H,15-16H2,1-3H3. The molecule has 7 nitrogen and oxygen atoms in total. The Morgan fingerprint density at radius 3 is 2.19 bits per heavy atom. The second-order valence-corrected chi connectivity index (χ2v) is 10.9. The molecule has 43 heavy (non-hydrogen) atoms. The lowest BCUT2D eigenvalue weighted by molar-refractivity contribution is -0.142. The first-order valence-corrected chi connectivity index (χ1v) is 13.3. The van der Waals surface area contributed by atoms with Crippen molar-refractivity contribution in [3.63, 3.8) is 0 Å². The third kappa shape index (κ3) is 5.88. The number of aromatic amines is 1. The van der Waals surface area contributed by atoms with E-state index in [0.717, 1.165) is 46.8 Å². The number of rotatable bonds is 6. The van der Waals surface area contributed by atoms with E-state index < -0.39 is 59.2 Å². The molecule has 0 fully saturated rings. The second-order valence-electron chi connectivity index (χ2n) is 10.9. The highest BCUT2D eigenvalue weighted by atomic mass is 19.2. The summed E-state index contributed by atoms with van der Waals surface area (Å²) in [4.78, 5) is 43.9. The topological polar surface area (TPSA) is 88.7 Å². The van der Waals surface area contributed by atoms with Crippen LogP contribution < -0.4 is 0 Å². The van der Waals surface area contributed by atoms with Gasteiger partial charge in [-0.3, -0.25) is 4.79 Å². The summed E-state index contributed by atoms with van der Waals surface area (Å²) in [6.45, 7) is 4.92. The van der Waals surface area contributed by atoms with Gasteiger partial charge in [0.05, 0.1) is 16.8 Å². The van der Waals surface area contributed by atoms with Gasteiger partial charge in [0.1, 0.15) is 12.7 Å². The number of hydrogen-bond donors (Lipinski definition) is 1. The van der Waals surface area contributed by atoms with Crippen molar-refractivity contribution < 1.29 is 41.4 Å². The molecule has 0 bridgehead atoms. The van der Waals surface area contributed by atoms with Gasteiger partial charge in [-0.1, -0.05) is 32.0 Å². The lowest BCUT2D eigenvalue weighted by Gasteiger charge is -2.29. The largest absolute Gasteiger partial charge is 0.458 e. The third-order valence-corrected chi connectivity index (χ3v) is 7.06. The quantitative estimate of drug-likeness (QED) is 0.210. The predicted molar refractivity (Wildman–Crippen MR) is 149 cm³/mol. The number of ether oxygens (including phenoxy) is 2. The predicted octanol–water partition coefficient (Wildman–Crippen LogP) is 6.29. The minimum Gasteiger partial charge on any atom is -0.458 e. The summed E-state index contributed by atoms with van der Waals surface area (Å²) >= 11 is 0. The number of aromatic nitrogens is 1. The Labute approximate surface area is 243 Å². The highest BCUT2D eigenvalue weighted by Crippen LogP contribution is 2.40. The summed E-state index contributed by atoms with van der Waals surface area (Å²) in [5.41, 5.74) is 0.798. The van der Waals surface area contributed by atoms with Gasteiger partial charge in [0, 0.05) is 34.6 Å². The lowest BCUT2D eigenvalue weighted by Crippen LogP contribution is -2.37. The van der Waals surface area contributed by atoms with Gasteiger partial charge in [-0.05, 0) is 55.0 Å². The van der Waals surface area contributed by atoms with Crippen LogP contribution in [0.4, 0.5) is 17.6 Å². The summed E-state index contributed by atoms with van der Waals surface area (Å²) in [6.07, 6.45) is 0.316. The van der Waals surface area contributed by atoms with Crippen molar-refractivity contribution in [2.24, 2.45) is 0 Å². The van der Waals surface area contributed by atoms with Gasteiger partial charge >= 0.3 is 11.9 Å². The van der Waals surface area contributed by atoms with Crippen molar-refractivity contribution in [1.29, 1.82) is 0 Å². The molecule has 1 amide bonds. The van der Waals surface area contributed by atoms with Crippen LogP contribution in [0.25, 0.3) is 16.5 Å². The van der Waals surface area contributed by atoms with E-state index in [1.807, 2.05) is 38.1 Å². The number of nitrogens with one attached hydrogen (secondary N) is 1. The van der Waals surface area contributed by atoms with Gasteiger partial charge in [-0.2, -0.15) is 0 Å². The fraction of sp³-hybridized carbons (Fsp3) is 0.219. The van der Waals surface area contributed by atoms with E-state index in [0.29, 0.717) is 11.8 Å². The van der Waals surface area contributed by atoms with Crippen LogP contribution >= 0.6 is 0 Å². The molecule has 11 heteroatoms. The molecule has 1 aliphatic rings. The zero-order valence-electron chi connectivity index (χ0n) is 23.3. The number of H-pyrrole nitrogens is 1. The molecular formula is C32H26F4N2O5. The molecule has 0 spiro atoms. The first-order valence-electron chi connectivity index (χ1n) is 13.3. The molecule has 0 aliphatic carbocycles. The molecule has 1 unspecified atom stereocenters. The van der Waals surface area contributed by atoms with Crippen LogP contribution in [-0.4, -0.2) is 47.0 Å². The summed E-state index contributed by atoms with van der Waals surface area (Å²) < 4.78 is 65.0. The second kappa shape index (κ2) is 11.4. The molecule has 1 aromatic heterocycles. The summed E-state index contributed by atoms with van der Waals surface area (Å²) in [5.74, 6) is -7.09. The Bertz CT molecular complexity index is 1800. The summed E-state index contributed by atoms with van der Waals surface area (Å²) in [5, 5.41) is 0.817. The zero-order valence-corrected chi connectivity index (χ0v) is 23.3. The van der Waals surface area contributed by atoms with E-state index in [1.165, 1.54) is 18.0 Å². The van der Waals surface area contributed by atoms with E-state index >= 15 is 0 Å². The Kier molecular flexibility index (Phi) is 7.83. The molecular weight excluding hydrogens is 568 g/mol. The maximum atomic E-state index is 14.0. The van der Waals surface area contributed by atoms with Gasteiger partial charge < -0.3 is 19.4 Å². The zero-order chi connectivity index (χ0) is 31.1. The maximum Gasteiger partial charge on any atom is 0.342 e. The number of halogens is 4. The number of carbonyl (C=O) groups excluding carboxylic acids is 3. The molecule has 0 radical (unpaired) electrons. The van der Waals surface area contributed by atoms with Gasteiger partial charge in [-0.25, -0.2) is 27.2 Å². The van der Waals surface area contributed by atoms with Gasteiger partial charge in [0.2, 0.25) is 0 Å². The monoisotopic (exact) mass is 594 g/mol. The smallest absolute Gasteiger partial charge is 0.342 e. The number of benzene rings is 3. The molecule has 1 atom stereocenters. The van der Waals surface area contributed by atoms with Gasteiger partial charge in [-0.15, -0.1) is 0 Å². The van der Waals surface area contributed by atoms with Gasteiger partial charge in [0.25, 0.3) is 5.91 Å². The van der Waals surface area contributed by atoms with E-state index in [1.54, 1.807) is 0 Å². The summed E-state index contributed by atoms with van der Waals surface area (Å²) in [6, 6.07) is 12.7. The first-order chi connectivity index (χ1) is 20.4. The van der Waals surface area contributed by atoms with Crippen LogP contribution in [0.5, 0.6) is 0 Å². The van der Waals surface area contributed by atoms with Crippen molar-refractivity contribution in [3.05, 3.63) is 113 Å². The number of para-hydroxylation sites is 1. The highest BCUT2D eigenvalue weighted by molar-refractivity contribution is 6.18. The molecule has 3 aromatic carbocycles. The van der Waals surface area contributed by atoms with Crippen molar-refractivity contribution in [2.45, 2.75) is 32.3 Å². The van der Waals surface area contributed by atoms with Crippen LogP contribution in [0.1, 0.15) is 52.7 Å².